The van der Waals surface area contributed by atoms with Crippen LogP contribution in [0.2, 0.25) is 0 Å². The quantitative estimate of drug-likeness (QED) is 0.412. The molecule has 0 fully saturated rings. The first-order valence-electron chi connectivity index (χ1n) is 8.09. The number of rotatable bonds is 11. The number of carboxylic acids is 1. The number of carbonyl (C=O) groups is 2. The summed E-state index contributed by atoms with van der Waals surface area (Å²) in [4.78, 5) is 26.0. The van der Waals surface area contributed by atoms with Crippen molar-refractivity contribution in [1.29, 1.82) is 0 Å². The number of nitrogens with one attached hydrogen (secondary N) is 2. The standard InChI is InChI=1S/C18H25ClN2O4/c1-4-9-25-14-7-5-13(6-8-14)11-15(21-19)17(22)20-16(18(23)24)10-12(2)3/h4-8,12,15-16,21H,1,9-11H2,2-3H3,(H,20,22)(H,23,24)/t15-,16-/m0/s1. The molecule has 0 saturated heterocycles. The highest BCUT2D eigenvalue weighted by atomic mass is 35.5. The molecule has 25 heavy (non-hydrogen) atoms. The van der Waals surface area contributed by atoms with Crippen molar-refractivity contribution in [1.82, 2.24) is 10.2 Å². The van der Waals surface area contributed by atoms with E-state index in [1.807, 2.05) is 26.0 Å². The maximum absolute atomic E-state index is 12.3. The Labute approximate surface area is 153 Å². The molecular formula is C18H25ClN2O4. The molecule has 0 saturated carbocycles. The highest BCUT2D eigenvalue weighted by Crippen LogP contribution is 2.14. The van der Waals surface area contributed by atoms with Gasteiger partial charge >= 0.3 is 5.97 Å². The molecule has 0 aliphatic carbocycles. The summed E-state index contributed by atoms with van der Waals surface area (Å²) in [5.41, 5.74) is 0.870. The van der Waals surface area contributed by atoms with Crippen LogP contribution in [-0.2, 0) is 16.0 Å². The summed E-state index contributed by atoms with van der Waals surface area (Å²) in [6.45, 7) is 7.80. The van der Waals surface area contributed by atoms with Gasteiger partial charge in [-0.25, -0.2) is 9.63 Å². The minimum Gasteiger partial charge on any atom is -0.490 e. The molecule has 0 aliphatic rings. The number of carboxylic acid groups (broad SMARTS) is 1. The predicted octanol–water partition coefficient (Wildman–Crippen LogP) is 2.52. The van der Waals surface area contributed by atoms with Crippen LogP contribution in [0.15, 0.2) is 36.9 Å². The maximum atomic E-state index is 12.3. The third-order valence-corrected chi connectivity index (χ3v) is 3.76. The van der Waals surface area contributed by atoms with Gasteiger partial charge in [-0.2, -0.15) is 0 Å². The van der Waals surface area contributed by atoms with Gasteiger partial charge in [0.15, 0.2) is 0 Å². The smallest absolute Gasteiger partial charge is 0.326 e. The van der Waals surface area contributed by atoms with E-state index in [9.17, 15) is 14.7 Å². The second-order valence-corrected chi connectivity index (χ2v) is 6.36. The zero-order valence-electron chi connectivity index (χ0n) is 14.5. The molecule has 0 aromatic heterocycles. The van der Waals surface area contributed by atoms with Gasteiger partial charge in [-0.05, 0) is 48.2 Å². The maximum Gasteiger partial charge on any atom is 0.326 e. The Bertz CT molecular complexity index is 575. The lowest BCUT2D eigenvalue weighted by atomic mass is 10.0. The third-order valence-electron chi connectivity index (χ3n) is 3.50. The lowest BCUT2D eigenvalue weighted by molar-refractivity contribution is -0.142. The molecule has 1 aromatic rings. The minimum absolute atomic E-state index is 0.145. The van der Waals surface area contributed by atoms with Crippen molar-refractivity contribution in [3.8, 4) is 5.75 Å². The van der Waals surface area contributed by atoms with Gasteiger partial charge in [0.2, 0.25) is 5.91 Å². The van der Waals surface area contributed by atoms with E-state index in [-0.39, 0.29) is 5.92 Å². The second-order valence-electron chi connectivity index (χ2n) is 6.14. The molecule has 1 rings (SSSR count). The fourth-order valence-electron chi connectivity index (χ4n) is 2.26. The van der Waals surface area contributed by atoms with Gasteiger partial charge in [-0.1, -0.05) is 38.6 Å². The van der Waals surface area contributed by atoms with Crippen molar-refractivity contribution in [2.24, 2.45) is 5.92 Å². The van der Waals surface area contributed by atoms with Gasteiger partial charge in [0.25, 0.3) is 0 Å². The first-order valence-corrected chi connectivity index (χ1v) is 8.47. The highest BCUT2D eigenvalue weighted by molar-refractivity contribution is 6.15. The Balaban J connectivity index is 2.69. The van der Waals surface area contributed by atoms with E-state index in [1.165, 1.54) is 0 Å². The molecule has 0 aliphatic heterocycles. The van der Waals surface area contributed by atoms with Crippen molar-refractivity contribution in [3.63, 3.8) is 0 Å². The molecule has 0 heterocycles. The van der Waals surface area contributed by atoms with Crippen molar-refractivity contribution in [2.45, 2.75) is 38.8 Å². The van der Waals surface area contributed by atoms with E-state index in [1.54, 1.807) is 18.2 Å². The number of amides is 1. The number of halogens is 1. The van der Waals surface area contributed by atoms with Crippen molar-refractivity contribution >= 4 is 23.7 Å². The number of ether oxygens (including phenoxy) is 1. The van der Waals surface area contributed by atoms with Gasteiger partial charge < -0.3 is 15.2 Å². The molecular weight excluding hydrogens is 344 g/mol. The lowest BCUT2D eigenvalue weighted by Crippen LogP contribution is -2.49. The monoisotopic (exact) mass is 368 g/mol. The average molecular weight is 369 g/mol. The summed E-state index contributed by atoms with van der Waals surface area (Å²) >= 11 is 5.69. The summed E-state index contributed by atoms with van der Waals surface area (Å²) in [7, 11) is 0. The number of carbonyl (C=O) groups excluding carboxylic acids is 1. The van der Waals surface area contributed by atoms with Crippen LogP contribution in [0.1, 0.15) is 25.8 Å². The molecule has 0 unspecified atom stereocenters. The van der Waals surface area contributed by atoms with Crippen molar-refractivity contribution in [2.75, 3.05) is 6.61 Å². The van der Waals surface area contributed by atoms with Crippen molar-refractivity contribution < 1.29 is 19.4 Å². The Morgan fingerprint density at radius 1 is 1.28 bits per heavy atom. The zero-order valence-corrected chi connectivity index (χ0v) is 15.3. The normalized spacial score (nSPS) is 13.1. The van der Waals surface area contributed by atoms with Crippen LogP contribution < -0.4 is 14.9 Å². The third kappa shape index (κ3) is 7.58. The van der Waals surface area contributed by atoms with Gasteiger partial charge in [0, 0.05) is 0 Å². The fraction of sp³-hybridized carbons (Fsp3) is 0.444. The van der Waals surface area contributed by atoms with Crippen LogP contribution in [0, 0.1) is 5.92 Å². The molecule has 6 nitrogen and oxygen atoms in total. The number of benzene rings is 1. The van der Waals surface area contributed by atoms with Crippen LogP contribution in [0.3, 0.4) is 0 Å². The van der Waals surface area contributed by atoms with E-state index < -0.39 is 24.0 Å². The molecule has 1 amide bonds. The minimum atomic E-state index is -1.06. The van der Waals surface area contributed by atoms with E-state index in [4.69, 9.17) is 16.5 Å². The Morgan fingerprint density at radius 2 is 1.92 bits per heavy atom. The Hall–Kier alpha value is -2.05. The van der Waals surface area contributed by atoms with Crippen LogP contribution in [-0.4, -0.2) is 35.7 Å². The molecule has 3 N–H and O–H groups in total. The Morgan fingerprint density at radius 3 is 2.40 bits per heavy atom. The van der Waals surface area contributed by atoms with E-state index in [2.05, 4.69) is 16.7 Å². The largest absolute Gasteiger partial charge is 0.490 e. The molecule has 0 spiro atoms. The van der Waals surface area contributed by atoms with E-state index in [0.717, 1.165) is 5.56 Å². The van der Waals surface area contributed by atoms with Crippen molar-refractivity contribution in [3.05, 3.63) is 42.5 Å². The molecule has 1 aromatic carbocycles. The molecule has 138 valence electrons. The van der Waals surface area contributed by atoms with Crippen LogP contribution in [0.25, 0.3) is 0 Å². The van der Waals surface area contributed by atoms with Crippen LogP contribution in [0.4, 0.5) is 0 Å². The van der Waals surface area contributed by atoms with Gasteiger partial charge in [-0.15, -0.1) is 0 Å². The molecule has 7 heteroatoms. The highest BCUT2D eigenvalue weighted by Gasteiger charge is 2.25. The van der Waals surface area contributed by atoms with Crippen LogP contribution in [0.5, 0.6) is 5.75 Å². The molecule has 0 radical (unpaired) electrons. The number of hydrogen-bond acceptors (Lipinski definition) is 4. The van der Waals surface area contributed by atoms with E-state index >= 15 is 0 Å². The van der Waals surface area contributed by atoms with Gasteiger partial charge in [0.05, 0.1) is 0 Å². The first-order chi connectivity index (χ1) is 11.9. The first kappa shape index (κ1) is 21.0. The fourth-order valence-corrected chi connectivity index (χ4v) is 2.43. The SMILES string of the molecule is C=CCOc1ccc(C[C@H](NCl)C(=O)N[C@@H](CC(C)C)C(=O)O)cc1. The summed E-state index contributed by atoms with van der Waals surface area (Å²) in [5, 5.41) is 11.8. The second kappa shape index (κ2) is 10.7. The van der Waals surface area contributed by atoms with Crippen LogP contribution >= 0.6 is 11.8 Å². The zero-order chi connectivity index (χ0) is 18.8. The summed E-state index contributed by atoms with van der Waals surface area (Å²) in [6, 6.07) is 5.57. The Kier molecular flexibility index (Phi) is 9.02. The summed E-state index contributed by atoms with van der Waals surface area (Å²) in [6.07, 6.45) is 2.33. The van der Waals surface area contributed by atoms with Gasteiger partial charge in [0.1, 0.15) is 24.4 Å². The topological polar surface area (TPSA) is 87.7 Å². The lowest BCUT2D eigenvalue weighted by Gasteiger charge is -2.20. The number of aliphatic carboxylic acids is 1. The van der Waals surface area contributed by atoms with E-state index in [0.29, 0.717) is 25.2 Å². The molecule has 2 atom stereocenters. The average Bonchev–Trinajstić information content (AvgIpc) is 2.57. The summed E-state index contributed by atoms with van der Waals surface area (Å²) < 4.78 is 5.40. The predicted molar refractivity (Wildman–Crippen MR) is 97.6 cm³/mol. The number of hydrogen-bond donors (Lipinski definition) is 3. The molecule has 0 bridgehead atoms. The van der Waals surface area contributed by atoms with Gasteiger partial charge in [-0.3, -0.25) is 4.79 Å². The summed E-state index contributed by atoms with van der Waals surface area (Å²) in [5.74, 6) is -0.660.